The molecule has 0 spiro atoms. The van der Waals surface area contributed by atoms with Crippen molar-refractivity contribution in [1.82, 2.24) is 19.1 Å². The Morgan fingerprint density at radius 1 is 0.736 bits per heavy atom. The number of fused-ring (bicyclic) bond motifs is 2. The second-order valence-electron chi connectivity index (χ2n) is 11.9. The molecule has 0 amide bonds. The summed E-state index contributed by atoms with van der Waals surface area (Å²) >= 11 is 3.44. The second kappa shape index (κ2) is 15.3. The molecule has 0 atom stereocenters. The van der Waals surface area contributed by atoms with E-state index < -0.39 is 10.1 Å². The van der Waals surface area contributed by atoms with Gasteiger partial charge in [0.15, 0.2) is 17.2 Å². The molecule has 0 fully saturated rings. The van der Waals surface area contributed by atoms with Crippen LogP contribution in [0.1, 0.15) is 16.7 Å². The lowest BCUT2D eigenvalue weighted by Gasteiger charge is -2.02. The Morgan fingerprint density at radius 2 is 1.25 bits per heavy atom. The van der Waals surface area contributed by atoms with Gasteiger partial charge in [-0.15, -0.1) is 0 Å². The highest BCUT2D eigenvalue weighted by atomic mass is 32.2. The molecule has 53 heavy (non-hydrogen) atoms. The maximum absolute atomic E-state index is 10.5. The van der Waals surface area contributed by atoms with Crippen LogP contribution >= 0.6 is 22.7 Å². The number of hydrogen-bond donors (Lipinski definition) is 3. The van der Waals surface area contributed by atoms with E-state index in [0.717, 1.165) is 39.2 Å². The van der Waals surface area contributed by atoms with E-state index in [4.69, 9.17) is 4.55 Å². The first kappa shape index (κ1) is 35.3. The van der Waals surface area contributed by atoms with Crippen molar-refractivity contribution in [3.63, 3.8) is 0 Å². The van der Waals surface area contributed by atoms with E-state index in [1.807, 2.05) is 31.2 Å². The normalized spacial score (nSPS) is 11.8. The van der Waals surface area contributed by atoms with E-state index in [-0.39, 0.29) is 4.90 Å². The summed E-state index contributed by atoms with van der Waals surface area (Å²) in [7, 11) is 0.147. The van der Waals surface area contributed by atoms with E-state index in [9.17, 15) is 8.42 Å². The zero-order valence-corrected chi connectivity index (χ0v) is 31.2. The Labute approximate surface area is 313 Å². The van der Waals surface area contributed by atoms with Crippen LogP contribution in [0, 0.1) is 6.92 Å². The maximum Gasteiger partial charge on any atom is 0.345 e. The van der Waals surface area contributed by atoms with Crippen molar-refractivity contribution in [3.05, 3.63) is 137 Å². The fourth-order valence-electron chi connectivity index (χ4n) is 5.45. The number of aromatic nitrogens is 6. The van der Waals surface area contributed by atoms with Gasteiger partial charge in [-0.1, -0.05) is 64.6 Å². The summed E-state index contributed by atoms with van der Waals surface area (Å²) in [6.45, 7) is 1.84. The number of hydrogen-bond acceptors (Lipinski definition) is 10. The van der Waals surface area contributed by atoms with Gasteiger partial charge in [-0.2, -0.15) is 32.4 Å². The van der Waals surface area contributed by atoms with Crippen LogP contribution < -0.4 is 19.7 Å². The molecule has 266 valence electrons. The molecule has 5 aromatic heterocycles. The Bertz CT molecular complexity index is 2530. The summed E-state index contributed by atoms with van der Waals surface area (Å²) in [6, 6.07) is 24.3. The van der Waals surface area contributed by atoms with Crippen LogP contribution in [0.2, 0.25) is 0 Å². The standard InChI is InChI=1S/C30H26N10S2.C7H8O3S/c1-37-25(19-39-13-15-41-29(37)39)23-7-3-21(4-8-23)17-32-35-27-11-12-31-28(34-27)36-33-18-22-5-9-24(10-6-22)26-20-40-14-16-42-30(40)38(26)2;1-6-2-4-7(5-3-6)11(8,9)10/h3-20H,1-2H3,(H2,31,34,35,36);2-5H,1H3,(H,8,9,10)/q+2;/b32-17+,33-18+;. The SMILES string of the molecule is Cc1ccc(S(=O)(=O)O)cc1.Cn1c(-c2ccc(/C=N/Nc3ccnc(N/N=C/c4ccc(-c5c[n+]6ccsc6n5C)cc4)n3)cc2)c[n+]2ccsc12. The number of benzene rings is 3. The van der Waals surface area contributed by atoms with Gasteiger partial charge in [0.1, 0.15) is 24.8 Å². The third-order valence-electron chi connectivity index (χ3n) is 8.21. The molecule has 3 aromatic carbocycles. The molecular weight excluding hydrogens is 729 g/mol. The molecule has 8 rings (SSSR count). The van der Waals surface area contributed by atoms with E-state index in [1.54, 1.807) is 59.5 Å². The first-order chi connectivity index (χ1) is 25.6. The van der Waals surface area contributed by atoms with E-state index in [2.05, 4.69) is 123 Å². The van der Waals surface area contributed by atoms with Crippen LogP contribution in [-0.2, 0) is 24.2 Å². The topological polar surface area (TPSA) is 147 Å². The molecule has 0 saturated carbocycles. The third kappa shape index (κ3) is 8.21. The summed E-state index contributed by atoms with van der Waals surface area (Å²) in [5, 5.41) is 12.8. The van der Waals surface area contributed by atoms with Gasteiger partial charge in [-0.05, 0) is 54.4 Å². The van der Waals surface area contributed by atoms with Gasteiger partial charge in [0.25, 0.3) is 10.1 Å². The Hall–Kier alpha value is -6.07. The molecule has 16 heteroatoms. The molecule has 0 aliphatic carbocycles. The molecule has 0 unspecified atom stereocenters. The highest BCUT2D eigenvalue weighted by Crippen LogP contribution is 2.23. The first-order valence-electron chi connectivity index (χ1n) is 16.2. The van der Waals surface area contributed by atoms with Crippen molar-refractivity contribution in [3.8, 4) is 22.5 Å². The molecular formula is C37H34N10O3S3+2. The summed E-state index contributed by atoms with van der Waals surface area (Å²) in [6.07, 6.45) is 13.6. The van der Waals surface area contributed by atoms with Gasteiger partial charge in [-0.25, -0.2) is 19.5 Å². The van der Waals surface area contributed by atoms with Crippen molar-refractivity contribution in [2.45, 2.75) is 11.8 Å². The van der Waals surface area contributed by atoms with Crippen molar-refractivity contribution in [1.29, 1.82) is 0 Å². The fraction of sp³-hybridized carbons (Fsp3) is 0.0811. The van der Waals surface area contributed by atoms with Crippen LogP contribution in [0.25, 0.3) is 32.4 Å². The highest BCUT2D eigenvalue weighted by Gasteiger charge is 2.18. The number of nitrogens with one attached hydrogen (secondary N) is 2. The van der Waals surface area contributed by atoms with E-state index in [0.29, 0.717) is 11.8 Å². The van der Waals surface area contributed by atoms with Gasteiger partial charge in [0.05, 0.1) is 31.4 Å². The summed E-state index contributed by atoms with van der Waals surface area (Å²) in [5.74, 6) is 0.926. The van der Waals surface area contributed by atoms with Crippen LogP contribution in [-0.4, -0.2) is 44.5 Å². The Balaban J connectivity index is 0.000000341. The molecule has 13 nitrogen and oxygen atoms in total. The minimum Gasteiger partial charge on any atom is -0.282 e. The second-order valence-corrected chi connectivity index (χ2v) is 15.0. The third-order valence-corrected chi connectivity index (χ3v) is 11.0. The van der Waals surface area contributed by atoms with Crippen LogP contribution in [0.15, 0.2) is 136 Å². The maximum atomic E-state index is 10.5. The first-order valence-corrected chi connectivity index (χ1v) is 19.4. The van der Waals surface area contributed by atoms with Gasteiger partial charge in [-0.3, -0.25) is 9.98 Å². The molecule has 0 saturated heterocycles. The summed E-state index contributed by atoms with van der Waals surface area (Å²) in [5.41, 5.74) is 13.4. The average molecular weight is 763 g/mol. The van der Waals surface area contributed by atoms with Crippen molar-refractivity contribution in [2.24, 2.45) is 24.3 Å². The average Bonchev–Trinajstić information content (AvgIpc) is 3.94. The van der Waals surface area contributed by atoms with E-state index in [1.165, 1.54) is 22.1 Å². The quantitative estimate of drug-likeness (QED) is 0.0685. The van der Waals surface area contributed by atoms with Gasteiger partial charge in [0.2, 0.25) is 5.95 Å². The van der Waals surface area contributed by atoms with Crippen LogP contribution in [0.3, 0.4) is 0 Å². The van der Waals surface area contributed by atoms with Gasteiger partial charge in [0, 0.05) is 34.2 Å². The Kier molecular flexibility index (Phi) is 10.2. The minimum atomic E-state index is -4.02. The summed E-state index contributed by atoms with van der Waals surface area (Å²) in [4.78, 5) is 11.0. The smallest absolute Gasteiger partial charge is 0.282 e. The lowest BCUT2D eigenvalue weighted by atomic mass is 10.1. The largest absolute Gasteiger partial charge is 0.345 e. The highest BCUT2D eigenvalue weighted by molar-refractivity contribution is 7.85. The molecule has 8 aromatic rings. The molecule has 0 aliphatic heterocycles. The van der Waals surface area contributed by atoms with Gasteiger partial charge < -0.3 is 0 Å². The lowest BCUT2D eigenvalue weighted by Crippen LogP contribution is -2.12. The number of nitrogens with zero attached hydrogens (tertiary/aromatic N) is 8. The zero-order chi connectivity index (χ0) is 37.0. The van der Waals surface area contributed by atoms with E-state index >= 15 is 0 Å². The number of hydrazone groups is 2. The van der Waals surface area contributed by atoms with Gasteiger partial charge >= 0.3 is 9.92 Å². The van der Waals surface area contributed by atoms with Crippen molar-refractivity contribution in [2.75, 3.05) is 10.9 Å². The number of thiazole rings is 2. The molecule has 0 radical (unpaired) electrons. The molecule has 3 N–H and O–H groups in total. The molecule has 5 heterocycles. The van der Waals surface area contributed by atoms with Crippen molar-refractivity contribution >= 4 is 66.9 Å². The predicted octanol–water partition coefficient (Wildman–Crippen LogP) is 6.22. The number of imidazole rings is 2. The predicted molar refractivity (Wildman–Crippen MR) is 209 cm³/mol. The van der Waals surface area contributed by atoms with Crippen LogP contribution in [0.4, 0.5) is 11.8 Å². The monoisotopic (exact) mass is 762 g/mol. The minimum absolute atomic E-state index is 0.0666. The fourth-order valence-corrected chi connectivity index (χ4v) is 7.54. The molecule has 0 aliphatic rings. The number of anilines is 2. The van der Waals surface area contributed by atoms with Crippen molar-refractivity contribution < 1.29 is 21.8 Å². The zero-order valence-electron chi connectivity index (χ0n) is 28.8. The van der Waals surface area contributed by atoms with Crippen LogP contribution in [0.5, 0.6) is 0 Å². The molecule has 0 bridgehead atoms. The number of aryl methyl sites for hydroxylation is 3. The number of rotatable bonds is 9. The Morgan fingerprint density at radius 3 is 1.74 bits per heavy atom. The summed E-state index contributed by atoms with van der Waals surface area (Å²) < 4.78 is 38.2. The lowest BCUT2D eigenvalue weighted by molar-refractivity contribution is -0.505.